The zero-order valence-electron chi connectivity index (χ0n) is 33.5. The Balaban J connectivity index is 2.32. The average molecular weight is 734 g/mol. The number of nitrogens with one attached hydrogen (secondary N) is 1. The van der Waals surface area contributed by atoms with Gasteiger partial charge < -0.3 is 29.9 Å². The van der Waals surface area contributed by atoms with Crippen LogP contribution in [-0.2, 0) is 23.9 Å². The van der Waals surface area contributed by atoms with E-state index in [-0.39, 0.29) is 76.8 Å². The Bertz CT molecular complexity index is 1270. The molecule has 290 valence electrons. The van der Waals surface area contributed by atoms with Crippen LogP contribution in [0.1, 0.15) is 81.1 Å². The van der Waals surface area contributed by atoms with Crippen molar-refractivity contribution in [2.45, 2.75) is 117 Å². The van der Waals surface area contributed by atoms with E-state index in [9.17, 15) is 24.3 Å². The summed E-state index contributed by atoms with van der Waals surface area (Å²) in [4.78, 5) is 63.0. The number of hydrogen-bond acceptors (Lipinski definition) is 8. The fourth-order valence-electron chi connectivity index (χ4n) is 7.75. The number of anilines is 1. The number of aromatic hydroxyl groups is 1. The molecule has 0 saturated carbocycles. The molecule has 4 amide bonds. The number of carbonyl (C=O) groups is 4. The number of likely N-dealkylation sites (N-methyl/N-ethyl adjacent to an activating group) is 2. The molecule has 1 aliphatic heterocycles. The van der Waals surface area contributed by atoms with Crippen LogP contribution < -0.4 is 10.2 Å². The molecule has 8 atom stereocenters. The first kappa shape index (κ1) is 44.3. The first-order chi connectivity index (χ1) is 24.0. The summed E-state index contributed by atoms with van der Waals surface area (Å²) in [6, 6.07) is 4.98. The predicted octanol–water partition coefficient (Wildman–Crippen LogP) is 5.11. The zero-order chi connectivity index (χ0) is 38.7. The number of nitrogens with zero attached hydrogens (tertiary/aromatic N) is 4. The van der Waals surface area contributed by atoms with Gasteiger partial charge in [-0.25, -0.2) is 0 Å². The van der Waals surface area contributed by atoms with Crippen molar-refractivity contribution >= 4 is 41.1 Å². The van der Waals surface area contributed by atoms with Crippen LogP contribution in [0.5, 0.6) is 5.75 Å². The van der Waals surface area contributed by atoms with Gasteiger partial charge in [0.2, 0.25) is 23.6 Å². The molecule has 1 aromatic carbocycles. The third kappa shape index (κ3) is 11.1. The number of rotatable bonds is 19. The van der Waals surface area contributed by atoms with Crippen LogP contribution in [0.15, 0.2) is 24.3 Å². The van der Waals surface area contributed by atoms with Gasteiger partial charge >= 0.3 is 0 Å². The van der Waals surface area contributed by atoms with E-state index in [1.54, 1.807) is 60.0 Å². The fraction of sp³-hybridized carbons (Fsp3) is 0.744. The van der Waals surface area contributed by atoms with Crippen molar-refractivity contribution in [3.63, 3.8) is 0 Å². The molecule has 0 bridgehead atoms. The van der Waals surface area contributed by atoms with Crippen molar-refractivity contribution in [2.75, 3.05) is 52.5 Å². The van der Waals surface area contributed by atoms with Crippen LogP contribution in [0.2, 0.25) is 0 Å². The molecule has 1 saturated heterocycles. The van der Waals surface area contributed by atoms with Crippen LogP contribution in [-0.4, -0.2) is 127 Å². The third-order valence-corrected chi connectivity index (χ3v) is 11.9. The molecule has 0 aliphatic carbocycles. The molecule has 0 aromatic heterocycles. The number of methoxy groups -OCH3 is 1. The highest BCUT2D eigenvalue weighted by molar-refractivity contribution is 7.99. The quantitative estimate of drug-likeness (QED) is 0.201. The standard InChI is InChI=1S/C39H67N5O6S/c1-14-26(7)35(42(11)39(49)33(24(3)4)40-37(47)34(25(5)6)41(9)10)31(50-12)23-32(46)44-22-16-17-30(44)36(51-13)27(8)38(48)43(15-2)28-18-20-29(45)21-19-28/h18-21,24-27,30-31,33-36,45H,14-17,22-23H2,1-13H3,(H,40,47). The van der Waals surface area contributed by atoms with E-state index in [2.05, 4.69) is 19.2 Å². The van der Waals surface area contributed by atoms with Crippen molar-refractivity contribution in [3.05, 3.63) is 24.3 Å². The summed E-state index contributed by atoms with van der Waals surface area (Å²) in [5.41, 5.74) is 0.723. The van der Waals surface area contributed by atoms with Gasteiger partial charge in [0.1, 0.15) is 11.8 Å². The first-order valence-electron chi connectivity index (χ1n) is 18.7. The van der Waals surface area contributed by atoms with E-state index in [1.165, 1.54) is 0 Å². The summed E-state index contributed by atoms with van der Waals surface area (Å²) < 4.78 is 6.05. The van der Waals surface area contributed by atoms with Crippen molar-refractivity contribution in [1.29, 1.82) is 0 Å². The van der Waals surface area contributed by atoms with Crippen molar-refractivity contribution in [3.8, 4) is 5.75 Å². The Kier molecular flexibility index (Phi) is 17.8. The second kappa shape index (κ2) is 20.4. The highest BCUT2D eigenvalue weighted by Gasteiger charge is 2.43. The van der Waals surface area contributed by atoms with Gasteiger partial charge in [0.05, 0.1) is 24.6 Å². The molecule has 1 fully saturated rings. The molecule has 51 heavy (non-hydrogen) atoms. The van der Waals surface area contributed by atoms with E-state index >= 15 is 0 Å². The van der Waals surface area contributed by atoms with E-state index in [0.29, 0.717) is 13.1 Å². The molecule has 1 aliphatic rings. The summed E-state index contributed by atoms with van der Waals surface area (Å²) in [5.74, 6) is -0.780. The highest BCUT2D eigenvalue weighted by atomic mass is 32.2. The van der Waals surface area contributed by atoms with Crippen LogP contribution in [0, 0.1) is 23.7 Å². The van der Waals surface area contributed by atoms with Crippen LogP contribution >= 0.6 is 11.8 Å². The Morgan fingerprint density at radius 2 is 1.59 bits per heavy atom. The van der Waals surface area contributed by atoms with Gasteiger partial charge in [-0.2, -0.15) is 11.8 Å². The van der Waals surface area contributed by atoms with Crippen LogP contribution in [0.3, 0.4) is 0 Å². The van der Waals surface area contributed by atoms with Gasteiger partial charge in [-0.15, -0.1) is 0 Å². The van der Waals surface area contributed by atoms with Crippen LogP contribution in [0.25, 0.3) is 0 Å². The van der Waals surface area contributed by atoms with E-state index in [1.807, 2.05) is 71.7 Å². The molecule has 1 aromatic rings. The minimum atomic E-state index is -0.739. The van der Waals surface area contributed by atoms with Gasteiger partial charge in [0.25, 0.3) is 0 Å². The van der Waals surface area contributed by atoms with E-state index in [4.69, 9.17) is 4.74 Å². The monoisotopic (exact) mass is 733 g/mol. The van der Waals surface area contributed by atoms with Gasteiger partial charge in [-0.3, -0.25) is 24.1 Å². The molecule has 2 N–H and O–H groups in total. The van der Waals surface area contributed by atoms with Gasteiger partial charge in [-0.05, 0) is 82.1 Å². The molecule has 0 radical (unpaired) electrons. The smallest absolute Gasteiger partial charge is 0.245 e. The largest absolute Gasteiger partial charge is 0.508 e. The number of phenols is 1. The van der Waals surface area contributed by atoms with Crippen molar-refractivity contribution < 1.29 is 29.0 Å². The second-order valence-corrected chi connectivity index (χ2v) is 16.1. The lowest BCUT2D eigenvalue weighted by Crippen LogP contribution is -2.59. The number of ether oxygens (including phenoxy) is 1. The van der Waals surface area contributed by atoms with Crippen molar-refractivity contribution in [2.24, 2.45) is 23.7 Å². The maximum Gasteiger partial charge on any atom is 0.245 e. The summed E-state index contributed by atoms with van der Waals surface area (Å²) in [7, 11) is 7.08. The predicted molar refractivity (Wildman–Crippen MR) is 208 cm³/mol. The minimum absolute atomic E-state index is 0.0105. The second-order valence-electron chi connectivity index (χ2n) is 15.1. The molecular weight excluding hydrogens is 667 g/mol. The molecule has 11 nitrogen and oxygen atoms in total. The van der Waals surface area contributed by atoms with Crippen LogP contribution in [0.4, 0.5) is 5.69 Å². The Hall–Kier alpha value is -2.83. The number of hydrogen-bond donors (Lipinski definition) is 2. The Labute approximate surface area is 312 Å². The number of benzene rings is 1. The number of likely N-dealkylation sites (tertiary alicyclic amines) is 1. The Morgan fingerprint density at radius 1 is 0.980 bits per heavy atom. The van der Waals surface area contributed by atoms with Crippen molar-refractivity contribution in [1.82, 2.24) is 20.0 Å². The summed E-state index contributed by atoms with van der Waals surface area (Å²) in [6.45, 7) is 16.9. The molecule has 2 rings (SSSR count). The lowest BCUT2D eigenvalue weighted by atomic mass is 9.89. The Morgan fingerprint density at radius 3 is 2.06 bits per heavy atom. The van der Waals surface area contributed by atoms with Gasteiger partial charge in [-0.1, -0.05) is 54.9 Å². The van der Waals surface area contributed by atoms with Gasteiger partial charge in [0.15, 0.2) is 0 Å². The highest BCUT2D eigenvalue weighted by Crippen LogP contribution is 2.34. The third-order valence-electron chi connectivity index (χ3n) is 10.7. The summed E-state index contributed by atoms with van der Waals surface area (Å²) in [6.07, 6.45) is 3.91. The minimum Gasteiger partial charge on any atom is -0.508 e. The zero-order valence-corrected chi connectivity index (χ0v) is 34.3. The molecule has 8 unspecified atom stereocenters. The normalized spacial score (nSPS) is 19.0. The topological polar surface area (TPSA) is 123 Å². The lowest BCUT2D eigenvalue weighted by Gasteiger charge is -2.41. The number of carbonyl (C=O) groups excluding carboxylic acids is 4. The average Bonchev–Trinajstić information content (AvgIpc) is 3.56. The molecular formula is C39H67N5O6S. The molecule has 1 heterocycles. The van der Waals surface area contributed by atoms with E-state index < -0.39 is 18.2 Å². The maximum atomic E-state index is 14.2. The lowest BCUT2D eigenvalue weighted by molar-refractivity contribution is -0.146. The number of thioether (sulfide) groups is 1. The van der Waals surface area contributed by atoms with Gasteiger partial charge in [0, 0.05) is 50.1 Å². The first-order valence-corrected chi connectivity index (χ1v) is 19.9. The summed E-state index contributed by atoms with van der Waals surface area (Å²) in [5, 5.41) is 12.7. The SMILES string of the molecule is CCC(C)C(C(CC(=O)N1CCCC1C(SC)C(C)C(=O)N(CC)c1ccc(O)cc1)OC)N(C)C(=O)C(NC(=O)C(C(C)C)N(C)C)C(C)C. The fourth-order valence-corrected chi connectivity index (χ4v) is 8.87. The summed E-state index contributed by atoms with van der Waals surface area (Å²) >= 11 is 1.61. The molecule has 12 heteroatoms. The number of phenolic OH excluding ortho intramolecular Hbond substituents is 1. The number of amides is 4. The maximum absolute atomic E-state index is 14.2. The molecule has 0 spiro atoms. The van der Waals surface area contributed by atoms with E-state index in [0.717, 1.165) is 24.9 Å².